The van der Waals surface area contributed by atoms with E-state index in [2.05, 4.69) is 16.0 Å². The Morgan fingerprint density at radius 1 is 0.926 bits per heavy atom. The molecule has 0 heterocycles. The zero-order valence-electron chi connectivity index (χ0n) is 15.0. The van der Waals surface area contributed by atoms with E-state index >= 15 is 0 Å². The zero-order chi connectivity index (χ0) is 19.6. The van der Waals surface area contributed by atoms with Crippen molar-refractivity contribution in [3.8, 4) is 0 Å². The van der Waals surface area contributed by atoms with Crippen LogP contribution in [0.5, 0.6) is 0 Å². The highest BCUT2D eigenvalue weighted by atomic mass is 35.5. The number of halogens is 1. The number of benzene rings is 2. The van der Waals surface area contributed by atoms with Gasteiger partial charge >= 0.3 is 0 Å². The van der Waals surface area contributed by atoms with E-state index in [-0.39, 0.29) is 24.1 Å². The van der Waals surface area contributed by atoms with Gasteiger partial charge in [-0.25, -0.2) is 0 Å². The predicted molar refractivity (Wildman–Crippen MR) is 106 cm³/mol. The third-order valence-corrected chi connectivity index (χ3v) is 3.97. The fraction of sp³-hybridized carbons (Fsp3) is 0.250. The van der Waals surface area contributed by atoms with Crippen molar-refractivity contribution in [2.24, 2.45) is 0 Å². The van der Waals surface area contributed by atoms with Crippen LogP contribution in [0.1, 0.15) is 40.5 Å². The second kappa shape index (κ2) is 10.3. The van der Waals surface area contributed by atoms with E-state index in [1.54, 1.807) is 48.5 Å². The molecule has 2 rings (SSSR count). The van der Waals surface area contributed by atoms with Crippen molar-refractivity contribution in [1.82, 2.24) is 10.6 Å². The molecule has 0 spiro atoms. The summed E-state index contributed by atoms with van der Waals surface area (Å²) >= 11 is 5.79. The Morgan fingerprint density at radius 2 is 1.63 bits per heavy atom. The Kier molecular flexibility index (Phi) is 7.82. The minimum Gasteiger partial charge on any atom is -0.352 e. The Bertz CT molecular complexity index is 806. The fourth-order valence-electron chi connectivity index (χ4n) is 2.38. The van der Waals surface area contributed by atoms with Crippen molar-refractivity contribution in [2.75, 3.05) is 18.4 Å². The highest BCUT2D eigenvalue weighted by Gasteiger charge is 2.08. The van der Waals surface area contributed by atoms with Gasteiger partial charge in [0, 0.05) is 41.3 Å². The molecule has 0 aliphatic rings. The summed E-state index contributed by atoms with van der Waals surface area (Å²) in [5, 5.41) is 8.80. The smallest absolute Gasteiger partial charge is 0.251 e. The summed E-state index contributed by atoms with van der Waals surface area (Å²) in [6.45, 7) is 2.76. The summed E-state index contributed by atoms with van der Waals surface area (Å²) in [7, 11) is 0. The van der Waals surface area contributed by atoms with Gasteiger partial charge in [0.1, 0.15) is 0 Å². The largest absolute Gasteiger partial charge is 0.352 e. The topological polar surface area (TPSA) is 87.3 Å². The lowest BCUT2D eigenvalue weighted by Crippen LogP contribution is -2.25. The lowest BCUT2D eigenvalue weighted by molar-refractivity contribution is -0.116. The molecule has 3 N–H and O–H groups in total. The van der Waals surface area contributed by atoms with Gasteiger partial charge in [-0.15, -0.1) is 0 Å². The molecule has 2 aromatic carbocycles. The van der Waals surface area contributed by atoms with E-state index in [1.807, 2.05) is 6.92 Å². The summed E-state index contributed by atoms with van der Waals surface area (Å²) in [4.78, 5) is 35.8. The van der Waals surface area contributed by atoms with Crippen molar-refractivity contribution < 1.29 is 14.4 Å². The first-order chi connectivity index (χ1) is 13.0. The molecule has 0 saturated heterocycles. The van der Waals surface area contributed by atoms with Crippen molar-refractivity contribution in [2.45, 2.75) is 19.8 Å². The normalized spacial score (nSPS) is 10.1. The summed E-state index contributed by atoms with van der Waals surface area (Å²) in [5.41, 5.74) is 1.57. The van der Waals surface area contributed by atoms with Crippen molar-refractivity contribution in [1.29, 1.82) is 0 Å². The van der Waals surface area contributed by atoms with Crippen LogP contribution >= 0.6 is 11.6 Å². The van der Waals surface area contributed by atoms with Gasteiger partial charge in [0.15, 0.2) is 0 Å². The van der Waals surface area contributed by atoms with Gasteiger partial charge in [-0.1, -0.05) is 17.7 Å². The summed E-state index contributed by atoms with van der Waals surface area (Å²) < 4.78 is 0. The van der Waals surface area contributed by atoms with Crippen molar-refractivity contribution in [3.63, 3.8) is 0 Å². The maximum atomic E-state index is 12.0. The molecule has 0 aliphatic heterocycles. The highest BCUT2D eigenvalue weighted by Crippen LogP contribution is 2.12. The lowest BCUT2D eigenvalue weighted by Gasteiger charge is -2.08. The van der Waals surface area contributed by atoms with E-state index in [1.165, 1.54) is 0 Å². The molecule has 0 saturated carbocycles. The minimum atomic E-state index is -0.207. The number of rotatable bonds is 8. The second-order valence-corrected chi connectivity index (χ2v) is 6.29. The van der Waals surface area contributed by atoms with Crippen molar-refractivity contribution in [3.05, 3.63) is 64.7 Å². The fourth-order valence-corrected chi connectivity index (χ4v) is 2.50. The summed E-state index contributed by atoms with van der Waals surface area (Å²) in [6.07, 6.45) is 0.757. The first-order valence-corrected chi connectivity index (χ1v) is 9.09. The lowest BCUT2D eigenvalue weighted by atomic mass is 10.2. The quantitative estimate of drug-likeness (QED) is 0.607. The molecule has 142 valence electrons. The van der Waals surface area contributed by atoms with Crippen LogP contribution in [0.3, 0.4) is 0 Å². The number of hydrogen-bond donors (Lipinski definition) is 3. The molecular weight excluding hydrogens is 366 g/mol. The van der Waals surface area contributed by atoms with Crippen LogP contribution < -0.4 is 16.0 Å². The van der Waals surface area contributed by atoms with Crippen molar-refractivity contribution >= 4 is 35.0 Å². The van der Waals surface area contributed by atoms with Gasteiger partial charge < -0.3 is 16.0 Å². The number of amides is 3. The zero-order valence-corrected chi connectivity index (χ0v) is 15.8. The van der Waals surface area contributed by atoms with Gasteiger partial charge in [-0.3, -0.25) is 14.4 Å². The van der Waals surface area contributed by atoms with Crippen LogP contribution in [0.2, 0.25) is 5.02 Å². The Hall–Kier alpha value is -2.86. The molecule has 7 heteroatoms. The molecule has 27 heavy (non-hydrogen) atoms. The second-order valence-electron chi connectivity index (χ2n) is 5.85. The van der Waals surface area contributed by atoms with Crippen LogP contribution in [0, 0.1) is 0 Å². The molecule has 0 unspecified atom stereocenters. The Labute approximate surface area is 163 Å². The van der Waals surface area contributed by atoms with Gasteiger partial charge in [-0.05, 0) is 55.8 Å². The maximum Gasteiger partial charge on any atom is 0.251 e. The first kappa shape index (κ1) is 20.5. The molecule has 0 fully saturated rings. The SMILES string of the molecule is CCNC(=O)c1cccc(NC(=O)CCCNC(=O)c2ccc(Cl)cc2)c1. The molecule has 0 atom stereocenters. The average molecular weight is 388 g/mol. The number of hydrogen-bond acceptors (Lipinski definition) is 3. The molecule has 6 nitrogen and oxygen atoms in total. The predicted octanol–water partition coefficient (Wildman–Crippen LogP) is 3.24. The number of anilines is 1. The van der Waals surface area contributed by atoms with Crippen LogP contribution in [-0.2, 0) is 4.79 Å². The third kappa shape index (κ3) is 6.75. The van der Waals surface area contributed by atoms with E-state index in [4.69, 9.17) is 11.6 Å². The number of carbonyl (C=O) groups is 3. The van der Waals surface area contributed by atoms with Crippen LogP contribution in [0.25, 0.3) is 0 Å². The molecule has 2 aromatic rings. The van der Waals surface area contributed by atoms with Gasteiger partial charge in [0.2, 0.25) is 5.91 Å². The van der Waals surface area contributed by atoms with Gasteiger partial charge in [0.05, 0.1) is 0 Å². The van der Waals surface area contributed by atoms with Crippen LogP contribution in [0.15, 0.2) is 48.5 Å². The molecular formula is C20H22ClN3O3. The number of nitrogens with one attached hydrogen (secondary N) is 3. The molecule has 0 aromatic heterocycles. The van der Waals surface area contributed by atoms with E-state index in [0.29, 0.717) is 41.3 Å². The summed E-state index contributed by atoms with van der Waals surface area (Å²) in [5.74, 6) is -0.566. The summed E-state index contributed by atoms with van der Waals surface area (Å²) in [6, 6.07) is 13.4. The Morgan fingerprint density at radius 3 is 2.33 bits per heavy atom. The minimum absolute atomic E-state index is 0.177. The van der Waals surface area contributed by atoms with E-state index in [9.17, 15) is 14.4 Å². The monoisotopic (exact) mass is 387 g/mol. The van der Waals surface area contributed by atoms with Crippen LogP contribution in [-0.4, -0.2) is 30.8 Å². The molecule has 0 radical (unpaired) electrons. The van der Waals surface area contributed by atoms with Crippen LogP contribution in [0.4, 0.5) is 5.69 Å². The third-order valence-electron chi connectivity index (χ3n) is 3.72. The first-order valence-electron chi connectivity index (χ1n) is 8.71. The standard InChI is InChI=1S/C20H22ClN3O3/c1-2-22-20(27)15-5-3-6-17(13-15)24-18(25)7-4-12-23-19(26)14-8-10-16(21)11-9-14/h3,5-6,8-11,13H,2,4,7,12H2,1H3,(H,22,27)(H,23,26)(H,24,25). The maximum absolute atomic E-state index is 12.0. The number of carbonyl (C=O) groups excluding carboxylic acids is 3. The van der Waals surface area contributed by atoms with E-state index in [0.717, 1.165) is 0 Å². The van der Waals surface area contributed by atoms with Gasteiger partial charge in [0.25, 0.3) is 11.8 Å². The average Bonchev–Trinajstić information content (AvgIpc) is 2.66. The Balaban J connectivity index is 1.75. The molecule has 3 amide bonds. The molecule has 0 aliphatic carbocycles. The highest BCUT2D eigenvalue weighted by molar-refractivity contribution is 6.30. The van der Waals surface area contributed by atoms with E-state index < -0.39 is 0 Å². The van der Waals surface area contributed by atoms with Gasteiger partial charge in [-0.2, -0.15) is 0 Å². The molecule has 0 bridgehead atoms.